The lowest BCUT2D eigenvalue weighted by Crippen LogP contribution is -2.12. The average molecular weight is 250 g/mol. The summed E-state index contributed by atoms with van der Waals surface area (Å²) >= 11 is 5.63. The van der Waals surface area contributed by atoms with Crippen LogP contribution in [0.25, 0.3) is 0 Å². The third-order valence-corrected chi connectivity index (χ3v) is 2.43. The van der Waals surface area contributed by atoms with E-state index in [-0.39, 0.29) is 11.4 Å². The minimum Gasteiger partial charge on any atom is -0.465 e. The number of pyridine rings is 1. The highest BCUT2D eigenvalue weighted by Gasteiger charge is 2.24. The van der Waals surface area contributed by atoms with E-state index in [9.17, 15) is 13.6 Å². The molecular formula is C10H10ClF2NO2. The van der Waals surface area contributed by atoms with Crippen molar-refractivity contribution in [1.82, 2.24) is 4.98 Å². The second-order valence-corrected chi connectivity index (χ2v) is 3.37. The fourth-order valence-corrected chi connectivity index (χ4v) is 1.67. The second-order valence-electron chi connectivity index (χ2n) is 3.11. The van der Waals surface area contributed by atoms with Crippen molar-refractivity contribution in [1.29, 1.82) is 0 Å². The van der Waals surface area contributed by atoms with Gasteiger partial charge < -0.3 is 4.74 Å². The van der Waals surface area contributed by atoms with Gasteiger partial charge in [0.25, 0.3) is 6.43 Å². The normalized spacial score (nSPS) is 10.6. The molecule has 0 spiro atoms. The van der Waals surface area contributed by atoms with Crippen molar-refractivity contribution < 1.29 is 18.3 Å². The van der Waals surface area contributed by atoms with E-state index in [2.05, 4.69) is 9.72 Å². The SMILES string of the molecule is COC(=O)c1c(C(F)F)ncc(C)c1CCl. The third kappa shape index (κ3) is 2.29. The largest absolute Gasteiger partial charge is 0.465 e. The predicted octanol–water partition coefficient (Wildman–Crippen LogP) is 2.85. The van der Waals surface area contributed by atoms with Gasteiger partial charge in [-0.3, -0.25) is 4.98 Å². The first-order valence-corrected chi connectivity index (χ1v) is 4.97. The molecule has 3 nitrogen and oxygen atoms in total. The Morgan fingerprint density at radius 2 is 2.25 bits per heavy atom. The summed E-state index contributed by atoms with van der Waals surface area (Å²) in [5, 5.41) is 0. The van der Waals surface area contributed by atoms with Gasteiger partial charge in [-0.2, -0.15) is 0 Å². The lowest BCUT2D eigenvalue weighted by Gasteiger charge is -2.12. The van der Waals surface area contributed by atoms with Gasteiger partial charge in [-0.15, -0.1) is 11.6 Å². The third-order valence-electron chi connectivity index (χ3n) is 2.16. The topological polar surface area (TPSA) is 39.2 Å². The standard InChI is InChI=1S/C10H10ClF2NO2/c1-5-4-14-8(9(12)13)7(6(5)3-11)10(15)16-2/h4,9H,3H2,1-2H3. The molecule has 0 aromatic carbocycles. The first kappa shape index (κ1) is 12.8. The van der Waals surface area contributed by atoms with Gasteiger partial charge in [0, 0.05) is 12.1 Å². The number of aromatic nitrogens is 1. The molecule has 0 atom stereocenters. The van der Waals surface area contributed by atoms with E-state index in [4.69, 9.17) is 11.6 Å². The first-order valence-electron chi connectivity index (χ1n) is 4.43. The van der Waals surface area contributed by atoms with Crippen LogP contribution in [0.1, 0.15) is 33.6 Å². The molecule has 0 saturated carbocycles. The number of carbonyl (C=O) groups excluding carboxylic acids is 1. The number of nitrogens with zero attached hydrogens (tertiary/aromatic N) is 1. The number of hydrogen-bond acceptors (Lipinski definition) is 3. The maximum Gasteiger partial charge on any atom is 0.340 e. The summed E-state index contributed by atoms with van der Waals surface area (Å²) in [4.78, 5) is 15.0. The molecule has 88 valence electrons. The van der Waals surface area contributed by atoms with E-state index < -0.39 is 18.1 Å². The molecule has 1 heterocycles. The predicted molar refractivity (Wildman–Crippen MR) is 54.8 cm³/mol. The Labute approximate surface area is 96.4 Å². The molecule has 1 aromatic rings. The van der Waals surface area contributed by atoms with E-state index >= 15 is 0 Å². The number of alkyl halides is 3. The zero-order valence-corrected chi connectivity index (χ0v) is 9.52. The highest BCUT2D eigenvalue weighted by Crippen LogP contribution is 2.27. The minimum atomic E-state index is -2.84. The Bertz CT molecular complexity index is 410. The van der Waals surface area contributed by atoms with Gasteiger partial charge in [0.2, 0.25) is 0 Å². The van der Waals surface area contributed by atoms with Crippen LogP contribution in [0.3, 0.4) is 0 Å². The molecular weight excluding hydrogens is 240 g/mol. The molecule has 0 radical (unpaired) electrons. The van der Waals surface area contributed by atoms with Gasteiger partial charge >= 0.3 is 5.97 Å². The summed E-state index contributed by atoms with van der Waals surface area (Å²) in [6.45, 7) is 1.65. The second kappa shape index (κ2) is 5.21. The van der Waals surface area contributed by atoms with Crippen LogP contribution in [0.4, 0.5) is 8.78 Å². The smallest absolute Gasteiger partial charge is 0.340 e. The van der Waals surface area contributed by atoms with Crippen molar-refractivity contribution in [2.24, 2.45) is 0 Å². The number of ether oxygens (including phenoxy) is 1. The van der Waals surface area contributed by atoms with Crippen LogP contribution in [0.5, 0.6) is 0 Å². The number of methoxy groups -OCH3 is 1. The fraction of sp³-hybridized carbons (Fsp3) is 0.400. The molecule has 0 saturated heterocycles. The molecule has 0 N–H and O–H groups in total. The highest BCUT2D eigenvalue weighted by molar-refractivity contribution is 6.17. The van der Waals surface area contributed by atoms with Crippen molar-refractivity contribution in [3.05, 3.63) is 28.6 Å². The summed E-state index contributed by atoms with van der Waals surface area (Å²) in [6, 6.07) is 0. The molecule has 0 aliphatic carbocycles. The molecule has 0 aliphatic rings. The van der Waals surface area contributed by atoms with Crippen LogP contribution in [0.15, 0.2) is 6.20 Å². The average Bonchev–Trinajstić information content (AvgIpc) is 2.27. The van der Waals surface area contributed by atoms with Gasteiger partial charge in [0.1, 0.15) is 5.69 Å². The number of carbonyl (C=O) groups is 1. The van der Waals surface area contributed by atoms with Gasteiger partial charge in [0.05, 0.1) is 12.7 Å². The molecule has 0 fully saturated rings. The summed E-state index contributed by atoms with van der Waals surface area (Å²) in [7, 11) is 1.12. The minimum absolute atomic E-state index is 0.0431. The monoisotopic (exact) mass is 249 g/mol. The Hall–Kier alpha value is -1.23. The Kier molecular flexibility index (Phi) is 4.18. The molecule has 0 bridgehead atoms. The lowest BCUT2D eigenvalue weighted by molar-refractivity contribution is 0.0586. The van der Waals surface area contributed by atoms with Crippen LogP contribution in [0.2, 0.25) is 0 Å². The lowest BCUT2D eigenvalue weighted by atomic mass is 10.0. The maximum atomic E-state index is 12.7. The number of hydrogen-bond donors (Lipinski definition) is 0. The Morgan fingerprint density at radius 3 is 2.69 bits per heavy atom. The van der Waals surface area contributed by atoms with Gasteiger partial charge in [-0.05, 0) is 18.1 Å². The Morgan fingerprint density at radius 1 is 1.62 bits per heavy atom. The van der Waals surface area contributed by atoms with Crippen LogP contribution in [-0.2, 0) is 10.6 Å². The molecule has 0 amide bonds. The van der Waals surface area contributed by atoms with Crippen LogP contribution >= 0.6 is 11.6 Å². The van der Waals surface area contributed by atoms with Crippen molar-refractivity contribution >= 4 is 17.6 Å². The molecule has 0 aliphatic heterocycles. The summed E-state index contributed by atoms with van der Waals surface area (Å²) in [5.74, 6) is -0.888. The molecule has 6 heteroatoms. The van der Waals surface area contributed by atoms with Gasteiger partial charge in [-0.25, -0.2) is 13.6 Å². The van der Waals surface area contributed by atoms with Crippen LogP contribution in [-0.4, -0.2) is 18.1 Å². The van der Waals surface area contributed by atoms with Crippen molar-refractivity contribution in [3.8, 4) is 0 Å². The molecule has 0 unspecified atom stereocenters. The van der Waals surface area contributed by atoms with Gasteiger partial charge in [0.15, 0.2) is 0 Å². The molecule has 1 rings (SSSR count). The number of halogens is 3. The number of rotatable bonds is 3. The number of aryl methyl sites for hydroxylation is 1. The molecule has 16 heavy (non-hydrogen) atoms. The van der Waals surface area contributed by atoms with Crippen molar-refractivity contribution in [2.75, 3.05) is 7.11 Å². The highest BCUT2D eigenvalue weighted by atomic mass is 35.5. The van der Waals surface area contributed by atoms with Crippen molar-refractivity contribution in [3.63, 3.8) is 0 Å². The fourth-order valence-electron chi connectivity index (χ4n) is 1.33. The summed E-state index contributed by atoms with van der Waals surface area (Å²) < 4.78 is 29.8. The van der Waals surface area contributed by atoms with Gasteiger partial charge in [-0.1, -0.05) is 0 Å². The summed E-state index contributed by atoms with van der Waals surface area (Å²) in [5.41, 5.74) is 0.0965. The van der Waals surface area contributed by atoms with Crippen LogP contribution < -0.4 is 0 Å². The maximum absolute atomic E-state index is 12.7. The van der Waals surface area contributed by atoms with E-state index in [1.165, 1.54) is 6.20 Å². The Balaban J connectivity index is 3.47. The zero-order valence-electron chi connectivity index (χ0n) is 8.76. The number of esters is 1. The first-order chi connectivity index (χ1) is 7.52. The van der Waals surface area contributed by atoms with E-state index in [1.807, 2.05) is 0 Å². The van der Waals surface area contributed by atoms with E-state index in [1.54, 1.807) is 6.92 Å². The summed E-state index contributed by atoms with van der Waals surface area (Å²) in [6.07, 6.45) is -1.57. The van der Waals surface area contributed by atoms with E-state index in [0.717, 1.165) is 7.11 Å². The quantitative estimate of drug-likeness (QED) is 0.611. The van der Waals surface area contributed by atoms with Crippen molar-refractivity contribution in [2.45, 2.75) is 19.2 Å². The van der Waals surface area contributed by atoms with Crippen LogP contribution in [0, 0.1) is 6.92 Å². The molecule has 1 aromatic heterocycles. The zero-order chi connectivity index (χ0) is 12.3. The van der Waals surface area contributed by atoms with E-state index in [0.29, 0.717) is 11.1 Å².